The molecule has 0 heterocycles. The van der Waals surface area contributed by atoms with Gasteiger partial charge in [0.15, 0.2) is 0 Å². The van der Waals surface area contributed by atoms with Crippen LogP contribution in [0.4, 0.5) is 4.79 Å². The maximum absolute atomic E-state index is 13.6. The zero-order valence-electron chi connectivity index (χ0n) is 21.8. The number of amides is 3. The molecule has 3 N–H and O–H groups in total. The quantitative estimate of drug-likeness (QED) is 0.439. The van der Waals surface area contributed by atoms with Gasteiger partial charge in [-0.2, -0.15) is 11.8 Å². The first-order chi connectivity index (χ1) is 16.9. The normalized spacial score (nSPS) is 12.8. The molecule has 8 nitrogen and oxygen atoms in total. The third kappa shape index (κ3) is 8.78. The number of aryl methyl sites for hydroxylation is 1. The standard InChI is InChI=1S/C27H37N3O5S/c1-18-16-20(12-13-22(18)31)23(24(32)28-17-19-10-8-7-9-11-19)30(5)25(33)21(14-15-36-6)29-26(34)35-27(2,3)4/h7-13,16,21,23,31H,14-15,17H2,1-6H3,(H,28,32)(H,29,34). The molecule has 0 radical (unpaired) electrons. The van der Waals surface area contributed by atoms with Gasteiger partial charge in [0.1, 0.15) is 23.4 Å². The second-order valence-electron chi connectivity index (χ2n) is 9.58. The first-order valence-corrected chi connectivity index (χ1v) is 13.2. The lowest BCUT2D eigenvalue weighted by molar-refractivity contribution is -0.140. The third-order valence-corrected chi connectivity index (χ3v) is 6.07. The van der Waals surface area contributed by atoms with Gasteiger partial charge in [-0.1, -0.05) is 36.4 Å². The number of carbonyl (C=O) groups is 3. The minimum atomic E-state index is -0.974. The highest BCUT2D eigenvalue weighted by atomic mass is 32.2. The van der Waals surface area contributed by atoms with E-state index in [1.54, 1.807) is 58.6 Å². The number of likely N-dealkylation sites (N-methyl/N-ethyl adjacent to an activating group) is 1. The Hall–Kier alpha value is -3.20. The van der Waals surface area contributed by atoms with Crippen molar-refractivity contribution in [2.45, 2.75) is 58.3 Å². The number of phenols is 1. The topological polar surface area (TPSA) is 108 Å². The van der Waals surface area contributed by atoms with E-state index in [0.717, 1.165) is 5.56 Å². The zero-order valence-corrected chi connectivity index (χ0v) is 22.6. The van der Waals surface area contributed by atoms with Crippen molar-refractivity contribution in [3.05, 3.63) is 65.2 Å². The second kappa shape index (κ2) is 13.2. The van der Waals surface area contributed by atoms with Gasteiger partial charge in [-0.05, 0) is 74.9 Å². The number of alkyl carbamates (subject to hydrolysis) is 1. The van der Waals surface area contributed by atoms with E-state index in [-0.39, 0.29) is 11.7 Å². The van der Waals surface area contributed by atoms with Crippen LogP contribution >= 0.6 is 11.8 Å². The SMILES string of the molecule is CSCCC(NC(=O)OC(C)(C)C)C(=O)N(C)C(C(=O)NCc1ccccc1)c1ccc(O)c(C)c1. The van der Waals surface area contributed by atoms with Crippen LogP contribution < -0.4 is 10.6 Å². The second-order valence-corrected chi connectivity index (χ2v) is 10.6. The van der Waals surface area contributed by atoms with Crippen LogP contribution in [0.3, 0.4) is 0 Å². The Morgan fingerprint density at radius 1 is 1.11 bits per heavy atom. The summed E-state index contributed by atoms with van der Waals surface area (Å²) in [5.74, 6) is -0.0646. The highest BCUT2D eigenvalue weighted by molar-refractivity contribution is 7.98. The monoisotopic (exact) mass is 515 g/mol. The van der Waals surface area contributed by atoms with Crippen LogP contribution in [0.5, 0.6) is 5.75 Å². The van der Waals surface area contributed by atoms with E-state index in [2.05, 4.69) is 10.6 Å². The predicted molar refractivity (Wildman–Crippen MR) is 143 cm³/mol. The van der Waals surface area contributed by atoms with E-state index in [9.17, 15) is 19.5 Å². The van der Waals surface area contributed by atoms with Gasteiger partial charge >= 0.3 is 6.09 Å². The number of rotatable bonds is 10. The first-order valence-electron chi connectivity index (χ1n) is 11.8. The highest BCUT2D eigenvalue weighted by Crippen LogP contribution is 2.26. The molecule has 0 bridgehead atoms. The molecule has 0 saturated heterocycles. The number of ether oxygens (including phenoxy) is 1. The van der Waals surface area contributed by atoms with Gasteiger partial charge in [0.2, 0.25) is 11.8 Å². The van der Waals surface area contributed by atoms with E-state index < -0.39 is 29.7 Å². The Kier molecular flexibility index (Phi) is 10.6. The van der Waals surface area contributed by atoms with Crippen LogP contribution in [-0.4, -0.2) is 58.6 Å². The number of benzene rings is 2. The van der Waals surface area contributed by atoms with Crippen molar-refractivity contribution in [3.63, 3.8) is 0 Å². The molecule has 2 aromatic rings. The van der Waals surface area contributed by atoms with Crippen molar-refractivity contribution in [2.75, 3.05) is 19.1 Å². The van der Waals surface area contributed by atoms with E-state index in [0.29, 0.717) is 29.8 Å². The van der Waals surface area contributed by atoms with Crippen LogP contribution in [0.2, 0.25) is 0 Å². The molecule has 0 fully saturated rings. The first kappa shape index (κ1) is 29.0. The molecule has 2 aromatic carbocycles. The molecule has 2 unspecified atom stereocenters. The molecule has 2 rings (SSSR count). The molecule has 196 valence electrons. The molecule has 0 aliphatic carbocycles. The smallest absolute Gasteiger partial charge is 0.408 e. The third-order valence-electron chi connectivity index (χ3n) is 5.43. The van der Waals surface area contributed by atoms with Gasteiger partial charge in [0.25, 0.3) is 0 Å². The summed E-state index contributed by atoms with van der Waals surface area (Å²) in [6, 6.07) is 12.4. The average molecular weight is 516 g/mol. The fourth-order valence-corrected chi connectivity index (χ4v) is 4.07. The number of nitrogens with zero attached hydrogens (tertiary/aromatic N) is 1. The summed E-state index contributed by atoms with van der Waals surface area (Å²) < 4.78 is 5.35. The zero-order chi connectivity index (χ0) is 26.9. The molecule has 0 spiro atoms. The van der Waals surface area contributed by atoms with E-state index in [1.807, 2.05) is 36.6 Å². The van der Waals surface area contributed by atoms with E-state index >= 15 is 0 Å². The molecular weight excluding hydrogens is 478 g/mol. The highest BCUT2D eigenvalue weighted by Gasteiger charge is 2.34. The van der Waals surface area contributed by atoms with Gasteiger partial charge in [-0.15, -0.1) is 0 Å². The van der Waals surface area contributed by atoms with Crippen LogP contribution in [0.15, 0.2) is 48.5 Å². The molecular formula is C27H37N3O5S. The fourth-order valence-electron chi connectivity index (χ4n) is 3.60. The summed E-state index contributed by atoms with van der Waals surface area (Å²) in [5, 5.41) is 15.6. The Morgan fingerprint density at radius 3 is 2.36 bits per heavy atom. The summed E-state index contributed by atoms with van der Waals surface area (Å²) in [6.07, 6.45) is 1.59. The molecule has 0 aliphatic rings. The lowest BCUT2D eigenvalue weighted by Gasteiger charge is -2.32. The molecule has 0 aromatic heterocycles. The molecule has 3 amide bonds. The number of hydrogen-bond acceptors (Lipinski definition) is 6. The van der Waals surface area contributed by atoms with Crippen molar-refractivity contribution in [3.8, 4) is 5.75 Å². The Labute approximate surface area is 217 Å². The van der Waals surface area contributed by atoms with Crippen molar-refractivity contribution >= 4 is 29.7 Å². The molecule has 36 heavy (non-hydrogen) atoms. The van der Waals surface area contributed by atoms with Gasteiger partial charge in [0.05, 0.1) is 0 Å². The number of hydrogen-bond donors (Lipinski definition) is 3. The number of aromatic hydroxyl groups is 1. The van der Waals surface area contributed by atoms with Crippen molar-refractivity contribution in [2.24, 2.45) is 0 Å². The Balaban J connectivity index is 2.32. The van der Waals surface area contributed by atoms with Crippen molar-refractivity contribution in [1.29, 1.82) is 0 Å². The van der Waals surface area contributed by atoms with Gasteiger partial charge < -0.3 is 25.4 Å². The summed E-state index contributed by atoms with van der Waals surface area (Å²) in [4.78, 5) is 40.8. The Morgan fingerprint density at radius 2 is 1.78 bits per heavy atom. The molecule has 0 saturated carbocycles. The van der Waals surface area contributed by atoms with Gasteiger partial charge in [-0.3, -0.25) is 9.59 Å². The summed E-state index contributed by atoms with van der Waals surface area (Å²) in [6.45, 7) is 7.26. The average Bonchev–Trinajstić information content (AvgIpc) is 2.81. The van der Waals surface area contributed by atoms with Crippen LogP contribution in [0.25, 0.3) is 0 Å². The van der Waals surface area contributed by atoms with E-state index in [4.69, 9.17) is 4.74 Å². The Bertz CT molecular complexity index is 1040. The minimum absolute atomic E-state index is 0.0978. The van der Waals surface area contributed by atoms with Crippen molar-refractivity contribution < 1.29 is 24.2 Å². The van der Waals surface area contributed by atoms with Crippen molar-refractivity contribution in [1.82, 2.24) is 15.5 Å². The summed E-state index contributed by atoms with van der Waals surface area (Å²) in [5.41, 5.74) is 1.34. The number of thioether (sulfide) groups is 1. The van der Waals surface area contributed by atoms with Gasteiger partial charge in [0, 0.05) is 13.6 Å². The minimum Gasteiger partial charge on any atom is -0.508 e. The molecule has 2 atom stereocenters. The maximum Gasteiger partial charge on any atom is 0.408 e. The van der Waals surface area contributed by atoms with Crippen LogP contribution in [-0.2, 0) is 20.9 Å². The number of nitrogens with one attached hydrogen (secondary N) is 2. The van der Waals surface area contributed by atoms with Crippen LogP contribution in [0.1, 0.15) is 49.9 Å². The largest absolute Gasteiger partial charge is 0.508 e. The summed E-state index contributed by atoms with van der Waals surface area (Å²) >= 11 is 1.55. The van der Waals surface area contributed by atoms with E-state index in [1.165, 1.54) is 11.0 Å². The fraction of sp³-hybridized carbons (Fsp3) is 0.444. The molecule has 0 aliphatic heterocycles. The predicted octanol–water partition coefficient (Wildman–Crippen LogP) is 4.16. The lowest BCUT2D eigenvalue weighted by atomic mass is 10.0. The number of phenolic OH excluding ortho intramolecular Hbond substituents is 1. The van der Waals surface area contributed by atoms with Gasteiger partial charge in [-0.25, -0.2) is 4.79 Å². The van der Waals surface area contributed by atoms with Crippen LogP contribution in [0, 0.1) is 6.92 Å². The lowest BCUT2D eigenvalue weighted by Crippen LogP contribution is -2.51. The maximum atomic E-state index is 13.6. The molecule has 9 heteroatoms. The summed E-state index contributed by atoms with van der Waals surface area (Å²) in [7, 11) is 1.54. The number of carbonyl (C=O) groups excluding carboxylic acids is 3.